The van der Waals surface area contributed by atoms with Crippen molar-refractivity contribution >= 4 is 23.4 Å². The molecule has 0 aliphatic heterocycles. The van der Waals surface area contributed by atoms with Crippen LogP contribution in [0.5, 0.6) is 0 Å². The van der Waals surface area contributed by atoms with Gasteiger partial charge in [-0.3, -0.25) is 0 Å². The zero-order chi connectivity index (χ0) is 10.6. The molecule has 80 valence electrons. The lowest BCUT2D eigenvalue weighted by Crippen LogP contribution is -2.15. The largest absolute Gasteiger partial charge is 0.394 e. The summed E-state index contributed by atoms with van der Waals surface area (Å²) in [5.41, 5.74) is 0. The number of aromatic nitrogens is 2. The second-order valence-electron chi connectivity index (χ2n) is 2.91. The van der Waals surface area contributed by atoms with E-state index in [1.165, 1.54) is 11.8 Å². The minimum atomic E-state index is -0.657. The molecule has 1 atom stereocenters. The maximum atomic E-state index is 9.09. The first-order valence-corrected chi connectivity index (χ1v) is 5.71. The molecular formula is C8H13ClN2O2S. The van der Waals surface area contributed by atoms with E-state index in [1.54, 1.807) is 10.8 Å². The first-order valence-electron chi connectivity index (χ1n) is 4.18. The molecule has 0 radical (unpaired) electrons. The molecule has 0 saturated carbocycles. The number of aliphatic hydroxyl groups excluding tert-OH is 2. The Kier molecular flexibility index (Phi) is 4.74. The van der Waals surface area contributed by atoms with E-state index in [-0.39, 0.29) is 6.61 Å². The molecule has 14 heavy (non-hydrogen) atoms. The van der Waals surface area contributed by atoms with Gasteiger partial charge in [0.1, 0.15) is 11.0 Å². The molecule has 1 aromatic rings. The zero-order valence-corrected chi connectivity index (χ0v) is 9.42. The molecule has 6 heteroatoms. The lowest BCUT2D eigenvalue weighted by molar-refractivity contribution is 0.113. The van der Waals surface area contributed by atoms with Gasteiger partial charge in [-0.25, -0.2) is 4.98 Å². The van der Waals surface area contributed by atoms with E-state index in [1.807, 2.05) is 7.05 Å². The van der Waals surface area contributed by atoms with E-state index in [2.05, 4.69) is 4.98 Å². The van der Waals surface area contributed by atoms with Gasteiger partial charge in [0.05, 0.1) is 24.7 Å². The Morgan fingerprint density at radius 1 is 1.71 bits per heavy atom. The average molecular weight is 237 g/mol. The number of nitrogens with zero attached hydrogens (tertiary/aromatic N) is 2. The lowest BCUT2D eigenvalue weighted by Gasteiger charge is -2.06. The molecule has 0 aliphatic rings. The Morgan fingerprint density at radius 2 is 2.43 bits per heavy atom. The van der Waals surface area contributed by atoms with Crippen LogP contribution in [-0.4, -0.2) is 38.2 Å². The molecular weight excluding hydrogens is 224 g/mol. The number of aliphatic hydroxyl groups is 2. The molecule has 0 spiro atoms. The molecule has 1 aromatic heterocycles. The SMILES string of the molecule is Cn1c(Cl)cnc1CSCC(O)CO. The maximum absolute atomic E-state index is 9.09. The van der Waals surface area contributed by atoms with Gasteiger partial charge < -0.3 is 14.8 Å². The molecule has 2 N–H and O–H groups in total. The van der Waals surface area contributed by atoms with Crippen molar-refractivity contribution in [3.8, 4) is 0 Å². The molecule has 0 fully saturated rings. The van der Waals surface area contributed by atoms with Crippen LogP contribution in [0.3, 0.4) is 0 Å². The molecule has 4 nitrogen and oxygen atoms in total. The van der Waals surface area contributed by atoms with Gasteiger partial charge in [-0.1, -0.05) is 11.6 Å². The Bertz CT molecular complexity index is 293. The van der Waals surface area contributed by atoms with Gasteiger partial charge in [-0.15, -0.1) is 0 Å². The van der Waals surface area contributed by atoms with Crippen LogP contribution in [0.2, 0.25) is 5.15 Å². The van der Waals surface area contributed by atoms with Gasteiger partial charge in [0, 0.05) is 12.8 Å². The summed E-state index contributed by atoms with van der Waals surface area (Å²) in [6.45, 7) is -0.200. The van der Waals surface area contributed by atoms with Crippen LogP contribution in [0, 0.1) is 0 Å². The van der Waals surface area contributed by atoms with Gasteiger partial charge in [0.2, 0.25) is 0 Å². The topological polar surface area (TPSA) is 58.3 Å². The van der Waals surface area contributed by atoms with Gasteiger partial charge in [0.25, 0.3) is 0 Å². The predicted molar refractivity (Wildman–Crippen MR) is 57.5 cm³/mol. The lowest BCUT2D eigenvalue weighted by atomic mass is 10.4. The minimum Gasteiger partial charge on any atom is -0.394 e. The summed E-state index contributed by atoms with van der Waals surface area (Å²) in [6, 6.07) is 0. The van der Waals surface area contributed by atoms with Gasteiger partial charge in [-0.2, -0.15) is 11.8 Å². The summed E-state index contributed by atoms with van der Waals surface area (Å²) in [5.74, 6) is 2.05. The van der Waals surface area contributed by atoms with E-state index < -0.39 is 6.10 Å². The van der Waals surface area contributed by atoms with Gasteiger partial charge >= 0.3 is 0 Å². The molecule has 0 saturated heterocycles. The predicted octanol–water partition coefficient (Wildman–Crippen LogP) is 0.660. The van der Waals surface area contributed by atoms with Crippen molar-refractivity contribution in [3.63, 3.8) is 0 Å². The third kappa shape index (κ3) is 3.16. The summed E-state index contributed by atoms with van der Waals surface area (Å²) in [7, 11) is 1.84. The van der Waals surface area contributed by atoms with Crippen LogP contribution in [0.4, 0.5) is 0 Å². The second kappa shape index (κ2) is 5.60. The van der Waals surface area contributed by atoms with E-state index in [0.29, 0.717) is 16.7 Å². The Labute approximate surface area is 91.9 Å². The van der Waals surface area contributed by atoms with Crippen molar-refractivity contribution in [1.82, 2.24) is 9.55 Å². The van der Waals surface area contributed by atoms with Crippen molar-refractivity contribution in [1.29, 1.82) is 0 Å². The molecule has 0 aliphatic carbocycles. The third-order valence-electron chi connectivity index (χ3n) is 1.78. The van der Waals surface area contributed by atoms with Crippen LogP contribution >= 0.6 is 23.4 Å². The Morgan fingerprint density at radius 3 is 2.93 bits per heavy atom. The average Bonchev–Trinajstić information content (AvgIpc) is 2.49. The molecule has 0 aromatic carbocycles. The summed E-state index contributed by atoms with van der Waals surface area (Å²) in [6.07, 6.45) is 0.940. The number of hydrogen-bond donors (Lipinski definition) is 2. The first-order chi connectivity index (χ1) is 6.65. The highest BCUT2D eigenvalue weighted by Gasteiger charge is 2.06. The summed E-state index contributed by atoms with van der Waals surface area (Å²) < 4.78 is 1.79. The van der Waals surface area contributed by atoms with E-state index in [9.17, 15) is 0 Å². The quantitative estimate of drug-likeness (QED) is 0.789. The summed E-state index contributed by atoms with van der Waals surface area (Å²) >= 11 is 7.31. The molecule has 0 amide bonds. The van der Waals surface area contributed by atoms with Crippen molar-refractivity contribution in [2.75, 3.05) is 12.4 Å². The van der Waals surface area contributed by atoms with Crippen LogP contribution in [0.15, 0.2) is 6.20 Å². The maximum Gasteiger partial charge on any atom is 0.128 e. The van der Waals surface area contributed by atoms with Crippen LogP contribution < -0.4 is 0 Å². The Balaban J connectivity index is 2.35. The highest BCUT2D eigenvalue weighted by atomic mass is 35.5. The van der Waals surface area contributed by atoms with E-state index >= 15 is 0 Å². The fraction of sp³-hybridized carbons (Fsp3) is 0.625. The van der Waals surface area contributed by atoms with Gasteiger partial charge in [0.15, 0.2) is 0 Å². The normalized spacial score (nSPS) is 13.1. The van der Waals surface area contributed by atoms with Gasteiger partial charge in [-0.05, 0) is 0 Å². The smallest absolute Gasteiger partial charge is 0.128 e. The molecule has 0 bridgehead atoms. The Hall–Kier alpha value is -0.230. The highest BCUT2D eigenvalue weighted by molar-refractivity contribution is 7.98. The molecule has 1 heterocycles. The minimum absolute atomic E-state index is 0.200. The van der Waals surface area contributed by atoms with Crippen molar-refractivity contribution in [2.45, 2.75) is 11.9 Å². The van der Waals surface area contributed by atoms with Crippen LogP contribution in [0.25, 0.3) is 0 Å². The zero-order valence-electron chi connectivity index (χ0n) is 7.85. The van der Waals surface area contributed by atoms with Crippen LogP contribution in [0.1, 0.15) is 5.82 Å². The standard InChI is InChI=1S/C8H13ClN2O2S/c1-11-7(9)2-10-8(11)5-14-4-6(13)3-12/h2,6,12-13H,3-5H2,1H3. The number of rotatable bonds is 5. The van der Waals surface area contributed by atoms with Crippen molar-refractivity contribution < 1.29 is 10.2 Å². The molecule has 1 rings (SSSR count). The molecule has 1 unspecified atom stereocenters. The number of imidazole rings is 1. The third-order valence-corrected chi connectivity index (χ3v) is 3.21. The first kappa shape index (κ1) is 11.8. The van der Waals surface area contributed by atoms with Crippen molar-refractivity contribution in [3.05, 3.63) is 17.2 Å². The fourth-order valence-electron chi connectivity index (χ4n) is 0.897. The highest BCUT2D eigenvalue weighted by Crippen LogP contribution is 2.15. The fourth-order valence-corrected chi connectivity index (χ4v) is 1.99. The number of halogens is 1. The number of thioether (sulfide) groups is 1. The van der Waals surface area contributed by atoms with E-state index in [0.717, 1.165) is 5.82 Å². The number of hydrogen-bond acceptors (Lipinski definition) is 4. The monoisotopic (exact) mass is 236 g/mol. The van der Waals surface area contributed by atoms with E-state index in [4.69, 9.17) is 21.8 Å². The summed E-state index contributed by atoms with van der Waals surface area (Å²) in [4.78, 5) is 4.10. The summed E-state index contributed by atoms with van der Waals surface area (Å²) in [5, 5.41) is 18.3. The van der Waals surface area contributed by atoms with Crippen molar-refractivity contribution in [2.24, 2.45) is 7.05 Å². The second-order valence-corrected chi connectivity index (χ2v) is 4.33. The van der Waals surface area contributed by atoms with Crippen LogP contribution in [-0.2, 0) is 12.8 Å².